The Bertz CT molecular complexity index is 182. The van der Waals surface area contributed by atoms with E-state index in [1.807, 2.05) is 0 Å². The fourth-order valence-electron chi connectivity index (χ4n) is 1.63. The summed E-state index contributed by atoms with van der Waals surface area (Å²) in [5.41, 5.74) is 0. The molecule has 0 heterocycles. The fourth-order valence-corrected chi connectivity index (χ4v) is 1.63. The summed E-state index contributed by atoms with van der Waals surface area (Å²) in [5.74, 6) is -1.35. The van der Waals surface area contributed by atoms with E-state index >= 15 is 0 Å². The van der Waals surface area contributed by atoms with E-state index < -0.39 is 18.2 Å². The average Bonchev–Trinajstić information content (AvgIpc) is 2.26. The van der Waals surface area contributed by atoms with E-state index in [0.29, 0.717) is 6.42 Å². The largest absolute Gasteiger partial charge is 0.479 e. The van der Waals surface area contributed by atoms with Gasteiger partial charge in [0.15, 0.2) is 6.10 Å². The summed E-state index contributed by atoms with van der Waals surface area (Å²) < 4.78 is 0. The van der Waals surface area contributed by atoms with Gasteiger partial charge in [-0.1, -0.05) is 51.9 Å². The molecule has 3 N–H and O–H groups in total. The molecule has 0 aromatic rings. The van der Waals surface area contributed by atoms with E-state index in [1.54, 1.807) is 0 Å². The highest BCUT2D eigenvalue weighted by atomic mass is 16.4. The van der Waals surface area contributed by atoms with Gasteiger partial charge in [-0.3, -0.25) is 0 Å². The Balaban J connectivity index is 3.34. The number of rotatable bonds is 10. The zero-order valence-corrected chi connectivity index (χ0v) is 10.1. The predicted molar refractivity (Wildman–Crippen MR) is 62.3 cm³/mol. The zero-order chi connectivity index (χ0) is 12.4. The Labute approximate surface area is 97.3 Å². The molecule has 4 nitrogen and oxygen atoms in total. The third-order valence-corrected chi connectivity index (χ3v) is 2.72. The van der Waals surface area contributed by atoms with E-state index in [0.717, 1.165) is 19.3 Å². The molecule has 0 fully saturated rings. The first-order chi connectivity index (χ1) is 7.59. The smallest absolute Gasteiger partial charge is 0.335 e. The maximum absolute atomic E-state index is 10.3. The van der Waals surface area contributed by atoms with Gasteiger partial charge in [0, 0.05) is 0 Å². The quantitative estimate of drug-likeness (QED) is 0.503. The molecule has 0 amide bonds. The summed E-state index contributed by atoms with van der Waals surface area (Å²) in [4.78, 5) is 10.3. The third-order valence-electron chi connectivity index (χ3n) is 2.72. The van der Waals surface area contributed by atoms with Crippen molar-refractivity contribution in [3.05, 3.63) is 0 Å². The topological polar surface area (TPSA) is 77.8 Å². The first kappa shape index (κ1) is 15.4. The summed E-state index contributed by atoms with van der Waals surface area (Å²) >= 11 is 0. The van der Waals surface area contributed by atoms with Crippen LogP contribution >= 0.6 is 0 Å². The lowest BCUT2D eigenvalue weighted by Gasteiger charge is -2.13. The molecule has 0 saturated heterocycles. The van der Waals surface area contributed by atoms with Crippen molar-refractivity contribution in [2.24, 2.45) is 0 Å². The second-order valence-electron chi connectivity index (χ2n) is 4.26. The molecule has 0 aliphatic rings. The fraction of sp³-hybridized carbons (Fsp3) is 0.917. The lowest BCUT2D eigenvalue weighted by molar-refractivity contribution is -0.153. The number of hydrogen-bond donors (Lipinski definition) is 3. The van der Waals surface area contributed by atoms with E-state index in [9.17, 15) is 9.90 Å². The van der Waals surface area contributed by atoms with Gasteiger partial charge in [-0.2, -0.15) is 0 Å². The number of aliphatic hydroxyl groups excluding tert-OH is 2. The highest BCUT2D eigenvalue weighted by Gasteiger charge is 2.22. The maximum Gasteiger partial charge on any atom is 0.335 e. The van der Waals surface area contributed by atoms with Crippen LogP contribution in [-0.4, -0.2) is 33.5 Å². The van der Waals surface area contributed by atoms with Crippen LogP contribution in [0.3, 0.4) is 0 Å². The van der Waals surface area contributed by atoms with Gasteiger partial charge in [0.05, 0.1) is 6.10 Å². The van der Waals surface area contributed by atoms with E-state index in [2.05, 4.69) is 6.92 Å². The Morgan fingerprint density at radius 3 is 2.00 bits per heavy atom. The molecule has 16 heavy (non-hydrogen) atoms. The Morgan fingerprint density at radius 1 is 1.00 bits per heavy atom. The Morgan fingerprint density at radius 2 is 1.50 bits per heavy atom. The first-order valence-corrected chi connectivity index (χ1v) is 6.18. The van der Waals surface area contributed by atoms with Crippen LogP contribution in [-0.2, 0) is 4.79 Å². The van der Waals surface area contributed by atoms with Crippen LogP contribution in [0.5, 0.6) is 0 Å². The monoisotopic (exact) mass is 232 g/mol. The van der Waals surface area contributed by atoms with Gasteiger partial charge in [-0.15, -0.1) is 0 Å². The number of aliphatic carboxylic acids is 1. The first-order valence-electron chi connectivity index (χ1n) is 6.18. The van der Waals surface area contributed by atoms with Gasteiger partial charge in [-0.25, -0.2) is 4.79 Å². The van der Waals surface area contributed by atoms with Crippen molar-refractivity contribution in [2.45, 2.75) is 70.5 Å². The molecule has 0 radical (unpaired) electrons. The number of carboxylic acids is 1. The van der Waals surface area contributed by atoms with Crippen molar-refractivity contribution in [2.75, 3.05) is 0 Å². The summed E-state index contributed by atoms with van der Waals surface area (Å²) in [5, 5.41) is 26.8. The molecular formula is C12H24O4. The van der Waals surface area contributed by atoms with Crippen LogP contribution in [0.25, 0.3) is 0 Å². The van der Waals surface area contributed by atoms with E-state index in [-0.39, 0.29) is 0 Å². The van der Waals surface area contributed by atoms with Crippen molar-refractivity contribution >= 4 is 5.97 Å². The number of unbranched alkanes of at least 4 members (excludes halogenated alkanes) is 6. The van der Waals surface area contributed by atoms with Crippen LogP contribution in [0.4, 0.5) is 0 Å². The summed E-state index contributed by atoms with van der Waals surface area (Å²) in [6.07, 6.45) is 5.42. The van der Waals surface area contributed by atoms with E-state index in [4.69, 9.17) is 10.2 Å². The van der Waals surface area contributed by atoms with Gasteiger partial charge in [0.1, 0.15) is 0 Å². The van der Waals surface area contributed by atoms with Gasteiger partial charge >= 0.3 is 5.97 Å². The molecule has 0 aliphatic heterocycles. The van der Waals surface area contributed by atoms with Gasteiger partial charge < -0.3 is 15.3 Å². The standard InChI is InChI=1S/C12H24O4/c1-2-3-4-5-6-7-8-9-10(13)11(14)12(15)16/h10-11,13-14H,2-9H2,1H3,(H,15,16)/t10-,11-/m1/s1. The summed E-state index contributed by atoms with van der Waals surface area (Å²) in [6.45, 7) is 2.17. The maximum atomic E-state index is 10.3. The second kappa shape index (κ2) is 9.60. The van der Waals surface area contributed by atoms with Gasteiger partial charge in [0.25, 0.3) is 0 Å². The molecular weight excluding hydrogens is 208 g/mol. The zero-order valence-electron chi connectivity index (χ0n) is 10.1. The number of hydrogen-bond acceptors (Lipinski definition) is 3. The van der Waals surface area contributed by atoms with Crippen molar-refractivity contribution in [3.63, 3.8) is 0 Å². The lowest BCUT2D eigenvalue weighted by Crippen LogP contribution is -2.33. The minimum absolute atomic E-state index is 0.362. The molecule has 0 aromatic carbocycles. The Kier molecular flexibility index (Phi) is 9.24. The molecule has 2 atom stereocenters. The molecule has 0 spiro atoms. The molecule has 0 unspecified atom stereocenters. The predicted octanol–water partition coefficient (Wildman–Crippen LogP) is 1.93. The highest BCUT2D eigenvalue weighted by Crippen LogP contribution is 2.11. The normalized spacial score (nSPS) is 14.7. The van der Waals surface area contributed by atoms with Crippen LogP contribution < -0.4 is 0 Å². The minimum Gasteiger partial charge on any atom is -0.479 e. The van der Waals surface area contributed by atoms with Crippen molar-refractivity contribution in [1.29, 1.82) is 0 Å². The molecule has 0 saturated carbocycles. The average molecular weight is 232 g/mol. The summed E-state index contributed by atoms with van der Waals surface area (Å²) in [6, 6.07) is 0. The highest BCUT2D eigenvalue weighted by molar-refractivity contribution is 5.72. The molecule has 0 aromatic heterocycles. The SMILES string of the molecule is CCCCCCCCC[C@@H](O)[C@@H](O)C(=O)O. The number of carboxylic acid groups (broad SMARTS) is 1. The molecule has 0 bridgehead atoms. The van der Waals surface area contributed by atoms with E-state index in [1.165, 1.54) is 25.7 Å². The van der Waals surface area contributed by atoms with Crippen LogP contribution in [0.15, 0.2) is 0 Å². The summed E-state index contributed by atoms with van der Waals surface area (Å²) in [7, 11) is 0. The van der Waals surface area contributed by atoms with Crippen molar-refractivity contribution < 1.29 is 20.1 Å². The van der Waals surface area contributed by atoms with Gasteiger partial charge in [-0.05, 0) is 6.42 Å². The number of aliphatic hydroxyl groups is 2. The Hall–Kier alpha value is -0.610. The second-order valence-corrected chi connectivity index (χ2v) is 4.26. The molecule has 0 aliphatic carbocycles. The van der Waals surface area contributed by atoms with Crippen LogP contribution in [0.1, 0.15) is 58.3 Å². The number of carbonyl (C=O) groups is 1. The lowest BCUT2D eigenvalue weighted by atomic mass is 10.0. The van der Waals surface area contributed by atoms with Gasteiger partial charge in [0.2, 0.25) is 0 Å². The molecule has 96 valence electrons. The minimum atomic E-state index is -1.64. The van der Waals surface area contributed by atoms with Crippen molar-refractivity contribution in [1.82, 2.24) is 0 Å². The molecule has 4 heteroatoms. The van der Waals surface area contributed by atoms with Crippen LogP contribution in [0, 0.1) is 0 Å². The third kappa shape index (κ3) is 7.65. The van der Waals surface area contributed by atoms with Crippen LogP contribution in [0.2, 0.25) is 0 Å². The molecule has 0 rings (SSSR count). The van der Waals surface area contributed by atoms with Crippen molar-refractivity contribution in [3.8, 4) is 0 Å².